The van der Waals surface area contributed by atoms with Crippen LogP contribution in [0.2, 0.25) is 0 Å². The van der Waals surface area contributed by atoms with E-state index in [1.54, 1.807) is 0 Å². The molecule has 0 aliphatic heterocycles. The van der Waals surface area contributed by atoms with Crippen LogP contribution in [0.4, 0.5) is 43.9 Å². The molecule has 1 unspecified atom stereocenters. The number of halogens is 10. The molecule has 4 fully saturated rings. The highest BCUT2D eigenvalue weighted by atomic mass is 32.2. The molecule has 0 heterocycles. The Morgan fingerprint density at radius 1 is 0.784 bits per heavy atom. The number of alkyl halides is 10. The second-order valence-corrected chi connectivity index (χ2v) is 10.6. The van der Waals surface area contributed by atoms with Gasteiger partial charge in [-0.15, -0.1) is 4.33 Å². The van der Waals surface area contributed by atoms with Crippen molar-refractivity contribution in [3.8, 4) is 0 Å². The van der Waals surface area contributed by atoms with Gasteiger partial charge >= 0.3 is 40.9 Å². The Morgan fingerprint density at radius 3 is 1.70 bits per heavy atom. The average molecular weight is 582 g/mol. The molecule has 0 radical (unpaired) electrons. The second kappa shape index (κ2) is 9.89. The minimum absolute atomic E-state index is 0.171. The van der Waals surface area contributed by atoms with E-state index in [4.69, 9.17) is 9.99 Å². The van der Waals surface area contributed by atoms with Gasteiger partial charge in [0, 0.05) is 5.41 Å². The number of ether oxygens (including phenoxy) is 2. The average Bonchev–Trinajstić information content (AvgIpc) is 2.77. The fourth-order valence-electron chi connectivity index (χ4n) is 5.81. The van der Waals surface area contributed by atoms with Gasteiger partial charge in [0.1, 0.15) is 0 Å². The Bertz CT molecular complexity index is 848. The highest BCUT2D eigenvalue weighted by molar-refractivity contribution is 7.96. The van der Waals surface area contributed by atoms with Gasteiger partial charge < -0.3 is 9.47 Å². The topological polar surface area (TPSA) is 91.3 Å². The van der Waals surface area contributed by atoms with Crippen LogP contribution in [-0.2, 0) is 28.4 Å². The summed E-state index contributed by atoms with van der Waals surface area (Å²) in [5, 5.41) is 4.76. The third kappa shape index (κ3) is 5.22. The summed E-state index contributed by atoms with van der Waals surface area (Å²) in [7, 11) is 0. The lowest BCUT2D eigenvalue weighted by molar-refractivity contribution is -0.435. The van der Waals surface area contributed by atoms with Crippen molar-refractivity contribution in [1.82, 2.24) is 0 Å². The maximum Gasteiger partial charge on any atom is 0.460 e. The molecule has 4 saturated carbocycles. The maximum atomic E-state index is 14.8. The zero-order valence-electron chi connectivity index (χ0n) is 18.5. The highest BCUT2D eigenvalue weighted by Gasteiger charge is 2.88. The summed E-state index contributed by atoms with van der Waals surface area (Å²) < 4.78 is 146. The number of carbonyl (C=O) groups is 2. The first kappa shape index (κ1) is 30.0. The van der Waals surface area contributed by atoms with Crippen LogP contribution < -0.4 is 0 Å². The van der Waals surface area contributed by atoms with Crippen LogP contribution in [0.3, 0.4) is 0 Å². The smallest absolute Gasteiger partial charge is 0.460 e. The van der Waals surface area contributed by atoms with Crippen LogP contribution in [0.15, 0.2) is 0 Å². The minimum atomic E-state index is -7.60. The van der Waals surface area contributed by atoms with Gasteiger partial charge in [0.05, 0.1) is 18.6 Å². The molecule has 1 atom stereocenters. The molecule has 214 valence electrons. The van der Waals surface area contributed by atoms with Gasteiger partial charge in [-0.25, -0.2) is 19.2 Å². The predicted molar refractivity (Wildman–Crippen MR) is 99.6 cm³/mol. The molecular weight excluding hydrogens is 562 g/mol. The van der Waals surface area contributed by atoms with Crippen molar-refractivity contribution in [2.24, 2.45) is 23.2 Å². The normalized spacial score (nSPS) is 29.6. The Kier molecular flexibility index (Phi) is 8.03. The summed E-state index contributed by atoms with van der Waals surface area (Å²) >= 11 is -1.90. The molecule has 0 spiro atoms. The van der Waals surface area contributed by atoms with E-state index in [9.17, 15) is 53.5 Å². The zero-order chi connectivity index (χ0) is 28.1. The SMILES string of the molecule is O=C(COC(=O)C(F)(SOOO)C(F)(F)C(F)(F)C(F)(F)C(F)(F)F)OCC12CC3CC(CC(C3)C1)C2. The lowest BCUT2D eigenvalue weighted by Gasteiger charge is -2.56. The summed E-state index contributed by atoms with van der Waals surface area (Å²) in [5.74, 6) is -25.7. The number of esters is 2. The number of rotatable bonds is 11. The molecular formula is C19H20F10O7S. The monoisotopic (exact) mass is 582 g/mol. The van der Waals surface area contributed by atoms with Crippen LogP contribution in [0.1, 0.15) is 38.5 Å². The van der Waals surface area contributed by atoms with Gasteiger partial charge in [0.25, 0.3) is 0 Å². The molecule has 18 heteroatoms. The van der Waals surface area contributed by atoms with Crippen LogP contribution in [-0.4, -0.2) is 59.4 Å². The zero-order valence-corrected chi connectivity index (χ0v) is 19.3. The molecule has 0 aromatic rings. The molecule has 4 aliphatic carbocycles. The first-order valence-corrected chi connectivity index (χ1v) is 11.4. The molecule has 4 rings (SSSR count). The Morgan fingerprint density at radius 2 is 1.27 bits per heavy atom. The van der Waals surface area contributed by atoms with Gasteiger partial charge in [0.2, 0.25) is 0 Å². The van der Waals surface area contributed by atoms with E-state index in [0.29, 0.717) is 17.8 Å². The first-order chi connectivity index (χ1) is 16.8. The fourth-order valence-corrected chi connectivity index (χ4v) is 6.30. The maximum absolute atomic E-state index is 14.8. The molecule has 1 N–H and O–H groups in total. The van der Waals surface area contributed by atoms with E-state index in [-0.39, 0.29) is 12.0 Å². The molecule has 0 saturated heterocycles. The standard InChI is InChI=1S/C19H20F10O7S/c20-15(37-36-35-32,16(21,22)17(23,24)18(25,26)19(27,28)29)13(31)33-7-12(30)34-8-14-4-9-1-10(5-14)3-11(2-9)6-14/h9-11,32H,1-8H2. The summed E-state index contributed by atoms with van der Waals surface area (Å²) in [5.41, 5.74) is -0.376. The van der Waals surface area contributed by atoms with Crippen LogP contribution in [0.5, 0.6) is 0 Å². The molecule has 0 aromatic carbocycles. The van der Waals surface area contributed by atoms with E-state index in [1.165, 1.54) is 0 Å². The van der Waals surface area contributed by atoms with E-state index in [0.717, 1.165) is 38.5 Å². The van der Waals surface area contributed by atoms with E-state index in [2.05, 4.69) is 14.1 Å². The first-order valence-electron chi connectivity index (χ1n) is 10.7. The Hall–Kier alpha value is -1.53. The summed E-state index contributed by atoms with van der Waals surface area (Å²) in [6.07, 6.45) is -1.99. The second-order valence-electron chi connectivity index (χ2n) is 9.70. The number of carbonyl (C=O) groups excluding carboxylic acids is 2. The van der Waals surface area contributed by atoms with Crippen molar-refractivity contribution in [2.75, 3.05) is 13.2 Å². The van der Waals surface area contributed by atoms with Gasteiger partial charge in [-0.05, 0) is 56.3 Å². The van der Waals surface area contributed by atoms with Crippen molar-refractivity contribution >= 4 is 24.0 Å². The van der Waals surface area contributed by atoms with Crippen molar-refractivity contribution in [3.63, 3.8) is 0 Å². The lowest BCUT2D eigenvalue weighted by Crippen LogP contribution is -2.68. The van der Waals surface area contributed by atoms with Crippen LogP contribution in [0, 0.1) is 23.2 Å². The molecule has 37 heavy (non-hydrogen) atoms. The van der Waals surface area contributed by atoms with Gasteiger partial charge in [-0.3, -0.25) is 0 Å². The van der Waals surface area contributed by atoms with Crippen molar-refractivity contribution in [2.45, 2.75) is 67.5 Å². The fraction of sp³-hybridized carbons (Fsp3) is 0.895. The summed E-state index contributed by atoms with van der Waals surface area (Å²) in [6.45, 7) is -1.86. The molecule has 0 aromatic heterocycles. The molecule has 0 amide bonds. The number of hydrogen-bond donors (Lipinski definition) is 1. The molecule has 4 aliphatic rings. The van der Waals surface area contributed by atoms with Crippen molar-refractivity contribution in [1.29, 1.82) is 0 Å². The van der Waals surface area contributed by atoms with Gasteiger partial charge in [0.15, 0.2) is 6.61 Å². The Balaban J connectivity index is 1.68. The van der Waals surface area contributed by atoms with Crippen LogP contribution >= 0.6 is 12.0 Å². The van der Waals surface area contributed by atoms with Crippen molar-refractivity contribution < 1.29 is 77.6 Å². The van der Waals surface area contributed by atoms with Crippen molar-refractivity contribution in [3.05, 3.63) is 0 Å². The predicted octanol–water partition coefficient (Wildman–Crippen LogP) is 5.49. The van der Waals surface area contributed by atoms with E-state index < -0.39 is 59.5 Å². The van der Waals surface area contributed by atoms with E-state index >= 15 is 0 Å². The van der Waals surface area contributed by atoms with Gasteiger partial charge in [-0.1, -0.05) is 5.04 Å². The van der Waals surface area contributed by atoms with Gasteiger partial charge in [-0.2, -0.15) is 39.5 Å². The molecule has 7 nitrogen and oxygen atoms in total. The lowest BCUT2D eigenvalue weighted by atomic mass is 9.50. The highest BCUT2D eigenvalue weighted by Crippen LogP contribution is 2.61. The quantitative estimate of drug-likeness (QED) is 0.112. The van der Waals surface area contributed by atoms with E-state index in [1.807, 2.05) is 0 Å². The third-order valence-electron chi connectivity index (χ3n) is 7.02. The number of hydrogen-bond acceptors (Lipinski definition) is 8. The Labute approximate surface area is 206 Å². The summed E-state index contributed by atoms with van der Waals surface area (Å²) in [4.78, 5) is 23.9. The summed E-state index contributed by atoms with van der Waals surface area (Å²) in [6, 6.07) is 0. The van der Waals surface area contributed by atoms with Crippen LogP contribution in [0.25, 0.3) is 0 Å². The molecule has 4 bridgehead atoms. The minimum Gasteiger partial charge on any atom is -0.463 e. The third-order valence-corrected chi connectivity index (χ3v) is 7.80. The largest absolute Gasteiger partial charge is 0.463 e.